The average molecular weight is 264 g/mol. The number of hydrogen-bond acceptors (Lipinski definition) is 2. The van der Waals surface area contributed by atoms with Crippen molar-refractivity contribution in [2.45, 2.75) is 38.1 Å². The smallest absolute Gasteiger partial charge is 0.231 e. The number of amides is 1. The number of halogens is 1. The van der Waals surface area contributed by atoms with Crippen LogP contribution in [0.2, 0.25) is 0 Å². The van der Waals surface area contributed by atoms with Crippen LogP contribution >= 0.6 is 0 Å². The first-order valence-corrected chi connectivity index (χ1v) is 6.74. The van der Waals surface area contributed by atoms with Gasteiger partial charge >= 0.3 is 0 Å². The summed E-state index contributed by atoms with van der Waals surface area (Å²) in [5, 5.41) is 0. The van der Waals surface area contributed by atoms with Crippen molar-refractivity contribution >= 4 is 11.6 Å². The van der Waals surface area contributed by atoms with E-state index in [4.69, 9.17) is 5.73 Å². The lowest BCUT2D eigenvalue weighted by atomic mass is 9.74. The Kier molecular flexibility index (Phi) is 3.90. The highest BCUT2D eigenvalue weighted by atomic mass is 19.1. The number of benzene rings is 1. The van der Waals surface area contributed by atoms with Crippen LogP contribution in [0.1, 0.15) is 32.6 Å². The number of nitrogens with two attached hydrogens (primary N) is 1. The average Bonchev–Trinajstić information content (AvgIpc) is 2.37. The summed E-state index contributed by atoms with van der Waals surface area (Å²) < 4.78 is 12.9. The molecular formula is C15H21FN2O. The lowest BCUT2D eigenvalue weighted by Crippen LogP contribution is -2.53. The zero-order valence-electron chi connectivity index (χ0n) is 11.5. The summed E-state index contributed by atoms with van der Waals surface area (Å²) in [7, 11) is 1.72. The Labute approximate surface area is 113 Å². The minimum atomic E-state index is -0.441. The molecule has 0 radical (unpaired) electrons. The molecule has 0 bridgehead atoms. The van der Waals surface area contributed by atoms with Crippen LogP contribution in [0.3, 0.4) is 0 Å². The molecule has 3 nitrogen and oxygen atoms in total. The largest absolute Gasteiger partial charge is 0.325 e. The van der Waals surface area contributed by atoms with Crippen LogP contribution in [-0.2, 0) is 4.79 Å². The van der Waals surface area contributed by atoms with E-state index in [-0.39, 0.29) is 17.6 Å². The van der Waals surface area contributed by atoms with Crippen LogP contribution in [0, 0.1) is 11.7 Å². The Morgan fingerprint density at radius 1 is 1.37 bits per heavy atom. The summed E-state index contributed by atoms with van der Waals surface area (Å²) in [5.74, 6) is -0.432. The van der Waals surface area contributed by atoms with Crippen LogP contribution in [0.15, 0.2) is 24.3 Å². The highest BCUT2D eigenvalue weighted by Crippen LogP contribution is 2.33. The maximum Gasteiger partial charge on any atom is 0.231 e. The predicted octanol–water partition coefficient (Wildman–Crippen LogP) is 2.70. The van der Waals surface area contributed by atoms with Crippen molar-refractivity contribution < 1.29 is 9.18 Å². The molecule has 0 spiro atoms. The molecule has 1 saturated carbocycles. The first kappa shape index (κ1) is 14.0. The quantitative estimate of drug-likeness (QED) is 0.892. The first-order valence-electron chi connectivity index (χ1n) is 6.74. The molecule has 1 fully saturated rings. The van der Waals surface area contributed by atoms with Gasteiger partial charge in [0, 0.05) is 18.3 Å². The van der Waals surface area contributed by atoms with Gasteiger partial charge in [-0.15, -0.1) is 0 Å². The third-order valence-electron chi connectivity index (χ3n) is 4.10. The molecule has 1 aliphatic rings. The molecule has 2 rings (SSSR count). The van der Waals surface area contributed by atoms with Crippen LogP contribution in [0.25, 0.3) is 0 Å². The molecule has 1 aromatic rings. The summed E-state index contributed by atoms with van der Waals surface area (Å²) in [4.78, 5) is 14.1. The van der Waals surface area contributed by atoms with Gasteiger partial charge < -0.3 is 10.6 Å². The van der Waals surface area contributed by atoms with E-state index in [9.17, 15) is 9.18 Å². The zero-order chi connectivity index (χ0) is 14.0. The van der Waals surface area contributed by atoms with E-state index in [1.807, 2.05) is 6.92 Å². The third-order valence-corrected chi connectivity index (χ3v) is 4.10. The Hall–Kier alpha value is -1.42. The number of anilines is 1. The van der Waals surface area contributed by atoms with Crippen molar-refractivity contribution in [3.63, 3.8) is 0 Å². The van der Waals surface area contributed by atoms with Crippen LogP contribution in [0.4, 0.5) is 10.1 Å². The highest BCUT2D eigenvalue weighted by Gasteiger charge is 2.39. The van der Waals surface area contributed by atoms with E-state index in [0.29, 0.717) is 5.69 Å². The standard InChI is InChI=1S/C15H21FN2O/c1-15(17)10-4-3-5-13(15)14(19)18(2)12-8-6-11(16)7-9-12/h6-9,13H,3-5,10,17H2,1-2H3. The van der Waals surface area contributed by atoms with Gasteiger partial charge in [-0.05, 0) is 44.0 Å². The van der Waals surface area contributed by atoms with Gasteiger partial charge in [-0.3, -0.25) is 4.79 Å². The number of carbonyl (C=O) groups is 1. The second-order valence-corrected chi connectivity index (χ2v) is 5.68. The van der Waals surface area contributed by atoms with Crippen molar-refractivity contribution in [3.05, 3.63) is 30.1 Å². The molecule has 1 aliphatic carbocycles. The fraction of sp³-hybridized carbons (Fsp3) is 0.533. The molecule has 4 heteroatoms. The van der Waals surface area contributed by atoms with Gasteiger partial charge in [0.15, 0.2) is 0 Å². The summed E-state index contributed by atoms with van der Waals surface area (Å²) in [5.41, 5.74) is 6.52. The van der Waals surface area contributed by atoms with E-state index in [2.05, 4.69) is 0 Å². The minimum Gasteiger partial charge on any atom is -0.325 e. The molecule has 104 valence electrons. The Bertz CT molecular complexity index is 456. The van der Waals surface area contributed by atoms with Gasteiger partial charge in [-0.2, -0.15) is 0 Å². The fourth-order valence-electron chi connectivity index (χ4n) is 2.79. The molecular weight excluding hydrogens is 243 g/mol. The van der Waals surface area contributed by atoms with E-state index < -0.39 is 5.54 Å². The molecule has 1 amide bonds. The molecule has 0 heterocycles. The van der Waals surface area contributed by atoms with Crippen molar-refractivity contribution in [1.29, 1.82) is 0 Å². The predicted molar refractivity (Wildman–Crippen MR) is 74.4 cm³/mol. The van der Waals surface area contributed by atoms with Crippen LogP contribution in [-0.4, -0.2) is 18.5 Å². The Morgan fingerprint density at radius 3 is 2.58 bits per heavy atom. The fourth-order valence-corrected chi connectivity index (χ4v) is 2.79. The van der Waals surface area contributed by atoms with Crippen molar-refractivity contribution in [1.82, 2.24) is 0 Å². The van der Waals surface area contributed by atoms with E-state index in [0.717, 1.165) is 25.7 Å². The number of hydrogen-bond donors (Lipinski definition) is 1. The van der Waals surface area contributed by atoms with Gasteiger partial charge in [0.25, 0.3) is 0 Å². The molecule has 0 saturated heterocycles. The maximum absolute atomic E-state index is 12.9. The van der Waals surface area contributed by atoms with Crippen LogP contribution < -0.4 is 10.6 Å². The minimum absolute atomic E-state index is 0.0244. The normalized spacial score (nSPS) is 27.1. The van der Waals surface area contributed by atoms with Crippen molar-refractivity contribution in [2.75, 3.05) is 11.9 Å². The summed E-state index contributed by atoms with van der Waals surface area (Å²) in [6.07, 6.45) is 3.83. The van der Waals surface area contributed by atoms with E-state index >= 15 is 0 Å². The van der Waals surface area contributed by atoms with Gasteiger partial charge in [-0.1, -0.05) is 12.8 Å². The Balaban J connectivity index is 2.16. The third kappa shape index (κ3) is 2.95. The topological polar surface area (TPSA) is 46.3 Å². The molecule has 2 unspecified atom stereocenters. The molecule has 19 heavy (non-hydrogen) atoms. The number of carbonyl (C=O) groups excluding carboxylic acids is 1. The maximum atomic E-state index is 12.9. The highest BCUT2D eigenvalue weighted by molar-refractivity contribution is 5.95. The van der Waals surface area contributed by atoms with Gasteiger partial charge in [0.1, 0.15) is 5.82 Å². The second-order valence-electron chi connectivity index (χ2n) is 5.68. The lowest BCUT2D eigenvalue weighted by Gasteiger charge is -2.39. The lowest BCUT2D eigenvalue weighted by molar-refractivity contribution is -0.125. The summed E-state index contributed by atoms with van der Waals surface area (Å²) in [6, 6.07) is 5.96. The summed E-state index contributed by atoms with van der Waals surface area (Å²) >= 11 is 0. The molecule has 1 aromatic carbocycles. The molecule has 2 N–H and O–H groups in total. The second kappa shape index (κ2) is 5.29. The molecule has 0 aliphatic heterocycles. The zero-order valence-corrected chi connectivity index (χ0v) is 11.5. The van der Waals surface area contributed by atoms with Gasteiger partial charge in [0.2, 0.25) is 5.91 Å². The summed E-state index contributed by atoms with van der Waals surface area (Å²) in [6.45, 7) is 1.95. The molecule has 2 atom stereocenters. The van der Waals surface area contributed by atoms with Crippen molar-refractivity contribution in [3.8, 4) is 0 Å². The number of rotatable bonds is 2. The molecule has 0 aromatic heterocycles. The van der Waals surface area contributed by atoms with E-state index in [1.54, 1.807) is 24.1 Å². The first-order chi connectivity index (χ1) is 8.92. The van der Waals surface area contributed by atoms with Gasteiger partial charge in [0.05, 0.1) is 5.92 Å². The van der Waals surface area contributed by atoms with Gasteiger partial charge in [-0.25, -0.2) is 4.39 Å². The monoisotopic (exact) mass is 264 g/mol. The number of nitrogens with zero attached hydrogens (tertiary/aromatic N) is 1. The SMILES string of the molecule is CN(C(=O)C1CCCCC1(C)N)c1ccc(F)cc1. The Morgan fingerprint density at radius 2 is 2.00 bits per heavy atom. The van der Waals surface area contributed by atoms with Crippen LogP contribution in [0.5, 0.6) is 0 Å². The van der Waals surface area contributed by atoms with Crippen molar-refractivity contribution in [2.24, 2.45) is 11.7 Å². The van der Waals surface area contributed by atoms with E-state index in [1.165, 1.54) is 12.1 Å².